The minimum Gasteiger partial charge on any atom is -0.330 e. The SMILES string of the molecule is NCCCCCCNCCOS(=O)(O)=S. The van der Waals surface area contributed by atoms with Crippen molar-refractivity contribution in [3.8, 4) is 0 Å². The molecule has 0 bridgehead atoms. The van der Waals surface area contributed by atoms with Gasteiger partial charge in [0.2, 0.25) is 0 Å². The molecular weight excluding hydrogens is 236 g/mol. The maximum atomic E-state index is 10.5. The average molecular weight is 256 g/mol. The van der Waals surface area contributed by atoms with Crippen molar-refractivity contribution in [2.24, 2.45) is 5.73 Å². The van der Waals surface area contributed by atoms with Gasteiger partial charge in [0, 0.05) is 17.7 Å². The van der Waals surface area contributed by atoms with Gasteiger partial charge >= 0.3 is 0 Å². The van der Waals surface area contributed by atoms with Crippen LogP contribution in [-0.2, 0) is 24.4 Å². The van der Waals surface area contributed by atoms with E-state index < -0.39 is 9.05 Å². The zero-order chi connectivity index (χ0) is 11.6. The first kappa shape index (κ1) is 15.2. The van der Waals surface area contributed by atoms with Gasteiger partial charge in [-0.2, -0.15) is 4.21 Å². The van der Waals surface area contributed by atoms with Crippen molar-refractivity contribution in [1.82, 2.24) is 5.32 Å². The van der Waals surface area contributed by atoms with Crippen molar-refractivity contribution in [3.05, 3.63) is 0 Å². The van der Waals surface area contributed by atoms with Gasteiger partial charge in [-0.05, 0) is 25.9 Å². The fourth-order valence-corrected chi connectivity index (χ4v) is 1.59. The van der Waals surface area contributed by atoms with Gasteiger partial charge < -0.3 is 11.1 Å². The van der Waals surface area contributed by atoms with Crippen molar-refractivity contribution >= 4 is 20.2 Å². The highest BCUT2D eigenvalue weighted by atomic mass is 32.9. The first-order valence-corrected chi connectivity index (χ1v) is 7.45. The molecule has 0 spiro atoms. The van der Waals surface area contributed by atoms with Crippen LogP contribution in [0.25, 0.3) is 0 Å². The van der Waals surface area contributed by atoms with Crippen LogP contribution in [0.1, 0.15) is 25.7 Å². The summed E-state index contributed by atoms with van der Waals surface area (Å²) in [6, 6.07) is 0. The lowest BCUT2D eigenvalue weighted by Gasteiger charge is -2.04. The van der Waals surface area contributed by atoms with E-state index in [2.05, 4.69) is 20.7 Å². The molecule has 0 fully saturated rings. The fourth-order valence-electron chi connectivity index (χ4n) is 1.09. The molecule has 0 saturated heterocycles. The van der Waals surface area contributed by atoms with E-state index in [1.165, 1.54) is 0 Å². The normalized spacial score (nSPS) is 15.1. The van der Waals surface area contributed by atoms with Crippen LogP contribution in [-0.4, -0.2) is 35.0 Å². The van der Waals surface area contributed by atoms with E-state index in [-0.39, 0.29) is 6.61 Å². The summed E-state index contributed by atoms with van der Waals surface area (Å²) in [5.41, 5.74) is 5.36. The predicted molar refractivity (Wildman–Crippen MR) is 64.5 cm³/mol. The Hall–Kier alpha value is 0.210. The Bertz CT molecular complexity index is 232. The number of rotatable bonds is 10. The summed E-state index contributed by atoms with van der Waals surface area (Å²) >= 11 is 4.16. The molecule has 0 aromatic heterocycles. The molecule has 0 amide bonds. The Kier molecular flexibility index (Phi) is 9.57. The topological polar surface area (TPSA) is 84.6 Å². The van der Waals surface area contributed by atoms with E-state index in [0.29, 0.717) is 6.54 Å². The minimum atomic E-state index is -3.45. The van der Waals surface area contributed by atoms with E-state index >= 15 is 0 Å². The van der Waals surface area contributed by atoms with E-state index in [1.54, 1.807) is 0 Å². The smallest absolute Gasteiger partial charge is 0.266 e. The Morgan fingerprint density at radius 1 is 1.27 bits per heavy atom. The van der Waals surface area contributed by atoms with Crippen LogP contribution < -0.4 is 11.1 Å². The van der Waals surface area contributed by atoms with Gasteiger partial charge in [0.15, 0.2) is 0 Å². The number of hydrogen-bond donors (Lipinski definition) is 3. The molecule has 0 radical (unpaired) electrons. The largest absolute Gasteiger partial charge is 0.330 e. The highest BCUT2D eigenvalue weighted by Crippen LogP contribution is 1.96. The summed E-state index contributed by atoms with van der Waals surface area (Å²) in [6.45, 7) is 2.36. The lowest BCUT2D eigenvalue weighted by Crippen LogP contribution is -2.22. The molecule has 92 valence electrons. The third kappa shape index (κ3) is 14.2. The van der Waals surface area contributed by atoms with Crippen molar-refractivity contribution < 1.29 is 12.9 Å². The second-order valence-corrected chi connectivity index (χ2v) is 5.56. The molecule has 0 heterocycles. The molecule has 7 heteroatoms. The maximum Gasteiger partial charge on any atom is 0.266 e. The van der Waals surface area contributed by atoms with Gasteiger partial charge in [-0.3, -0.25) is 8.74 Å². The van der Waals surface area contributed by atoms with Crippen molar-refractivity contribution in [3.63, 3.8) is 0 Å². The molecule has 1 unspecified atom stereocenters. The highest BCUT2D eigenvalue weighted by Gasteiger charge is 1.97. The lowest BCUT2D eigenvalue weighted by molar-refractivity contribution is 0.302. The average Bonchev–Trinajstić information content (AvgIpc) is 2.14. The first-order valence-electron chi connectivity index (χ1n) is 5.09. The number of hydrogen-bond acceptors (Lipinski definition) is 5. The van der Waals surface area contributed by atoms with E-state index in [0.717, 1.165) is 38.8 Å². The third-order valence-corrected chi connectivity index (χ3v) is 2.57. The molecule has 5 nitrogen and oxygen atoms in total. The zero-order valence-corrected chi connectivity index (χ0v) is 10.4. The van der Waals surface area contributed by atoms with E-state index in [1.807, 2.05) is 0 Å². The third-order valence-electron chi connectivity index (χ3n) is 1.82. The van der Waals surface area contributed by atoms with Crippen LogP contribution in [0.5, 0.6) is 0 Å². The highest BCUT2D eigenvalue weighted by molar-refractivity contribution is 8.27. The fraction of sp³-hybridized carbons (Fsp3) is 1.00. The summed E-state index contributed by atoms with van der Waals surface area (Å²) < 4.78 is 23.6. The number of nitrogens with two attached hydrogens (primary N) is 1. The summed E-state index contributed by atoms with van der Waals surface area (Å²) in [5.74, 6) is 0. The van der Waals surface area contributed by atoms with Gasteiger partial charge in [0.05, 0.1) is 6.61 Å². The summed E-state index contributed by atoms with van der Waals surface area (Å²) in [7, 11) is -3.45. The Morgan fingerprint density at radius 3 is 2.53 bits per heavy atom. The van der Waals surface area contributed by atoms with Gasteiger partial charge in [-0.25, -0.2) is 0 Å². The molecule has 0 aliphatic carbocycles. The minimum absolute atomic E-state index is 0.168. The Balaban J connectivity index is 3.06. The van der Waals surface area contributed by atoms with Gasteiger partial charge in [0.1, 0.15) is 0 Å². The van der Waals surface area contributed by atoms with Crippen LogP contribution in [0.3, 0.4) is 0 Å². The molecule has 0 aromatic carbocycles. The summed E-state index contributed by atoms with van der Waals surface area (Å²) in [6.07, 6.45) is 4.47. The Labute approximate surface area is 96.5 Å². The van der Waals surface area contributed by atoms with Gasteiger partial charge in [-0.15, -0.1) is 0 Å². The zero-order valence-electron chi connectivity index (χ0n) is 8.81. The van der Waals surface area contributed by atoms with Gasteiger partial charge in [-0.1, -0.05) is 12.8 Å². The van der Waals surface area contributed by atoms with Crippen LogP contribution in [0.2, 0.25) is 0 Å². The van der Waals surface area contributed by atoms with E-state index in [9.17, 15) is 4.21 Å². The monoisotopic (exact) mass is 256 g/mol. The second kappa shape index (κ2) is 9.44. The number of nitrogens with one attached hydrogen (secondary N) is 1. The molecule has 0 aromatic rings. The molecule has 0 saturated carbocycles. The number of unbranched alkanes of at least 4 members (excludes halogenated alkanes) is 3. The lowest BCUT2D eigenvalue weighted by atomic mass is 10.2. The summed E-state index contributed by atoms with van der Waals surface area (Å²) in [5, 5.41) is 3.10. The van der Waals surface area contributed by atoms with Crippen molar-refractivity contribution in [2.75, 3.05) is 26.2 Å². The first-order chi connectivity index (χ1) is 7.06. The molecule has 1 atom stereocenters. The summed E-state index contributed by atoms with van der Waals surface area (Å²) in [4.78, 5) is 0. The standard InChI is InChI=1S/C8H20N2O3S2/c9-5-3-1-2-4-6-10-7-8-13-15(11,12)14/h10H,1-9H2,(H,11,12,14). The molecule has 4 N–H and O–H groups in total. The Morgan fingerprint density at radius 2 is 1.93 bits per heavy atom. The maximum absolute atomic E-state index is 10.5. The quantitative estimate of drug-likeness (QED) is 0.486. The molecule has 15 heavy (non-hydrogen) atoms. The van der Waals surface area contributed by atoms with Crippen molar-refractivity contribution in [2.45, 2.75) is 25.7 Å². The molecular formula is C8H20N2O3S2. The molecule has 0 aliphatic rings. The second-order valence-electron chi connectivity index (χ2n) is 3.20. The van der Waals surface area contributed by atoms with Crippen LogP contribution in [0.15, 0.2) is 0 Å². The predicted octanol–water partition coefficient (Wildman–Crippen LogP) is 0.246. The van der Waals surface area contributed by atoms with Gasteiger partial charge in [0.25, 0.3) is 9.05 Å². The van der Waals surface area contributed by atoms with Crippen molar-refractivity contribution in [1.29, 1.82) is 0 Å². The molecule has 0 aliphatic heterocycles. The molecule has 0 rings (SSSR count). The van der Waals surface area contributed by atoms with Crippen LogP contribution >= 0.6 is 0 Å². The van der Waals surface area contributed by atoms with E-state index in [4.69, 9.17) is 10.3 Å². The van der Waals surface area contributed by atoms with Crippen LogP contribution in [0, 0.1) is 0 Å². The van der Waals surface area contributed by atoms with Crippen LogP contribution in [0.4, 0.5) is 0 Å².